The van der Waals surface area contributed by atoms with Crippen molar-refractivity contribution in [3.05, 3.63) is 18.0 Å². The Morgan fingerprint density at radius 1 is 1.37 bits per heavy atom. The minimum Gasteiger partial charge on any atom is -0.365 e. The van der Waals surface area contributed by atoms with Gasteiger partial charge in [0.1, 0.15) is 5.82 Å². The molecule has 2 aromatic heterocycles. The van der Waals surface area contributed by atoms with Crippen LogP contribution in [0.4, 0.5) is 5.82 Å². The van der Waals surface area contributed by atoms with Crippen LogP contribution in [0.1, 0.15) is 25.6 Å². The van der Waals surface area contributed by atoms with Gasteiger partial charge in [-0.15, -0.1) is 15.3 Å². The molecule has 2 aromatic rings. The van der Waals surface area contributed by atoms with Gasteiger partial charge in [0, 0.05) is 12.6 Å². The predicted molar refractivity (Wildman–Crippen MR) is 74.3 cm³/mol. The maximum Gasteiger partial charge on any atom is 0.178 e. The van der Waals surface area contributed by atoms with Gasteiger partial charge in [-0.1, -0.05) is 6.92 Å². The molecule has 0 aromatic carbocycles. The minimum atomic E-state index is 0.482. The Morgan fingerprint density at radius 2 is 2.26 bits per heavy atom. The number of anilines is 1. The third-order valence-electron chi connectivity index (χ3n) is 3.72. The van der Waals surface area contributed by atoms with Crippen LogP contribution in [-0.4, -0.2) is 50.4 Å². The first kappa shape index (κ1) is 12.3. The van der Waals surface area contributed by atoms with Crippen molar-refractivity contribution in [1.82, 2.24) is 24.7 Å². The van der Waals surface area contributed by atoms with Gasteiger partial charge < -0.3 is 10.2 Å². The van der Waals surface area contributed by atoms with Crippen molar-refractivity contribution in [2.45, 2.75) is 32.7 Å². The molecular formula is C13H20N6. The second-order valence-corrected chi connectivity index (χ2v) is 5.11. The molecule has 0 aliphatic carbocycles. The van der Waals surface area contributed by atoms with Crippen LogP contribution in [0.3, 0.4) is 0 Å². The fraction of sp³-hybridized carbons (Fsp3) is 0.615. The summed E-state index contributed by atoms with van der Waals surface area (Å²) in [6.45, 7) is 7.56. The van der Waals surface area contributed by atoms with Gasteiger partial charge >= 0.3 is 0 Å². The van der Waals surface area contributed by atoms with E-state index < -0.39 is 0 Å². The number of aromatic nitrogens is 4. The topological polar surface area (TPSA) is 58.3 Å². The Balaban J connectivity index is 1.75. The number of piperidine rings is 1. The standard InChI is InChI=1S/C13H20N6/c1-3-18-8-4-5-11(9-18)14-12-6-7-13-16-15-10(2)19(13)17-12/h6-7,11H,3-5,8-9H2,1-2H3,(H,14,17). The maximum atomic E-state index is 4.54. The summed E-state index contributed by atoms with van der Waals surface area (Å²) in [5.41, 5.74) is 0.793. The van der Waals surface area contributed by atoms with E-state index in [-0.39, 0.29) is 0 Å². The number of rotatable bonds is 3. The molecule has 19 heavy (non-hydrogen) atoms. The van der Waals surface area contributed by atoms with Crippen molar-refractivity contribution in [2.24, 2.45) is 0 Å². The highest BCUT2D eigenvalue weighted by atomic mass is 15.4. The van der Waals surface area contributed by atoms with Crippen LogP contribution in [0, 0.1) is 6.92 Å². The molecule has 102 valence electrons. The second kappa shape index (κ2) is 5.13. The van der Waals surface area contributed by atoms with Gasteiger partial charge in [-0.2, -0.15) is 4.52 Å². The molecule has 0 saturated carbocycles. The number of hydrogen-bond donors (Lipinski definition) is 1. The summed E-state index contributed by atoms with van der Waals surface area (Å²) in [4.78, 5) is 2.48. The number of nitrogens with zero attached hydrogens (tertiary/aromatic N) is 5. The van der Waals surface area contributed by atoms with Crippen LogP contribution < -0.4 is 5.32 Å². The lowest BCUT2D eigenvalue weighted by Crippen LogP contribution is -2.42. The van der Waals surface area contributed by atoms with E-state index in [0.29, 0.717) is 6.04 Å². The van der Waals surface area contributed by atoms with Crippen LogP contribution in [-0.2, 0) is 0 Å². The molecule has 0 spiro atoms. The average Bonchev–Trinajstić information content (AvgIpc) is 2.80. The summed E-state index contributed by atoms with van der Waals surface area (Å²) in [7, 11) is 0. The average molecular weight is 260 g/mol. The molecular weight excluding hydrogens is 240 g/mol. The van der Waals surface area contributed by atoms with Gasteiger partial charge in [0.15, 0.2) is 11.5 Å². The molecule has 1 unspecified atom stereocenters. The number of aryl methyl sites for hydroxylation is 1. The summed E-state index contributed by atoms with van der Waals surface area (Å²) < 4.78 is 1.78. The Bertz CT molecular complexity index is 563. The lowest BCUT2D eigenvalue weighted by Gasteiger charge is -2.32. The van der Waals surface area contributed by atoms with E-state index in [2.05, 4.69) is 32.4 Å². The number of likely N-dealkylation sites (tertiary alicyclic amines) is 1. The molecule has 6 nitrogen and oxygen atoms in total. The van der Waals surface area contributed by atoms with Crippen LogP contribution in [0.5, 0.6) is 0 Å². The summed E-state index contributed by atoms with van der Waals surface area (Å²) in [5.74, 6) is 1.72. The lowest BCUT2D eigenvalue weighted by molar-refractivity contribution is 0.226. The van der Waals surface area contributed by atoms with E-state index in [0.717, 1.165) is 30.4 Å². The molecule has 1 saturated heterocycles. The number of likely N-dealkylation sites (N-methyl/N-ethyl adjacent to an activating group) is 1. The summed E-state index contributed by atoms with van der Waals surface area (Å²) in [5, 5.41) is 16.1. The largest absolute Gasteiger partial charge is 0.365 e. The van der Waals surface area contributed by atoms with Gasteiger partial charge in [-0.25, -0.2) is 0 Å². The third kappa shape index (κ3) is 2.53. The first-order valence-electron chi connectivity index (χ1n) is 6.94. The fourth-order valence-corrected chi connectivity index (χ4v) is 2.64. The zero-order valence-electron chi connectivity index (χ0n) is 11.5. The highest BCUT2D eigenvalue weighted by Gasteiger charge is 2.18. The molecule has 0 radical (unpaired) electrons. The Kier molecular flexibility index (Phi) is 3.33. The highest BCUT2D eigenvalue weighted by molar-refractivity contribution is 5.44. The van der Waals surface area contributed by atoms with Gasteiger partial charge in [0.25, 0.3) is 0 Å². The normalized spacial score (nSPS) is 20.8. The molecule has 1 fully saturated rings. The molecule has 3 rings (SSSR count). The van der Waals surface area contributed by atoms with E-state index >= 15 is 0 Å². The lowest BCUT2D eigenvalue weighted by atomic mass is 10.1. The van der Waals surface area contributed by atoms with Gasteiger partial charge in [-0.05, 0) is 45.0 Å². The summed E-state index contributed by atoms with van der Waals surface area (Å²) in [6.07, 6.45) is 2.46. The zero-order valence-corrected chi connectivity index (χ0v) is 11.5. The number of fused-ring (bicyclic) bond motifs is 1. The molecule has 1 aliphatic heterocycles. The van der Waals surface area contributed by atoms with E-state index in [1.165, 1.54) is 19.4 Å². The van der Waals surface area contributed by atoms with Crippen molar-refractivity contribution >= 4 is 11.5 Å². The maximum absolute atomic E-state index is 4.54. The van der Waals surface area contributed by atoms with Gasteiger partial charge in [0.2, 0.25) is 0 Å². The van der Waals surface area contributed by atoms with Crippen LogP contribution in [0.15, 0.2) is 12.1 Å². The first-order valence-corrected chi connectivity index (χ1v) is 6.94. The Labute approximate surface area is 112 Å². The fourth-order valence-electron chi connectivity index (χ4n) is 2.64. The van der Waals surface area contributed by atoms with Crippen LogP contribution in [0.25, 0.3) is 5.65 Å². The highest BCUT2D eigenvalue weighted by Crippen LogP contribution is 2.15. The SMILES string of the molecule is CCN1CCCC(Nc2ccc3nnc(C)n3n2)C1. The van der Waals surface area contributed by atoms with E-state index in [1.807, 2.05) is 19.1 Å². The van der Waals surface area contributed by atoms with Gasteiger partial charge in [0.05, 0.1) is 0 Å². The van der Waals surface area contributed by atoms with E-state index in [4.69, 9.17) is 0 Å². The minimum absolute atomic E-state index is 0.482. The zero-order chi connectivity index (χ0) is 13.2. The molecule has 6 heteroatoms. The van der Waals surface area contributed by atoms with E-state index in [1.54, 1.807) is 4.52 Å². The molecule has 1 atom stereocenters. The van der Waals surface area contributed by atoms with Gasteiger partial charge in [-0.3, -0.25) is 0 Å². The quantitative estimate of drug-likeness (QED) is 0.902. The van der Waals surface area contributed by atoms with Crippen molar-refractivity contribution in [3.63, 3.8) is 0 Å². The molecule has 3 heterocycles. The van der Waals surface area contributed by atoms with Crippen molar-refractivity contribution in [1.29, 1.82) is 0 Å². The smallest absolute Gasteiger partial charge is 0.178 e. The molecule has 1 N–H and O–H groups in total. The third-order valence-corrected chi connectivity index (χ3v) is 3.72. The Hall–Kier alpha value is -1.69. The number of hydrogen-bond acceptors (Lipinski definition) is 5. The monoisotopic (exact) mass is 260 g/mol. The van der Waals surface area contributed by atoms with Crippen LogP contribution in [0.2, 0.25) is 0 Å². The molecule has 1 aliphatic rings. The summed E-state index contributed by atoms with van der Waals surface area (Å²) >= 11 is 0. The van der Waals surface area contributed by atoms with Crippen molar-refractivity contribution in [3.8, 4) is 0 Å². The Morgan fingerprint density at radius 3 is 3.11 bits per heavy atom. The first-order chi connectivity index (χ1) is 9.26. The van der Waals surface area contributed by atoms with E-state index in [9.17, 15) is 0 Å². The van der Waals surface area contributed by atoms with Crippen molar-refractivity contribution < 1.29 is 0 Å². The molecule has 0 bridgehead atoms. The number of nitrogens with one attached hydrogen (secondary N) is 1. The van der Waals surface area contributed by atoms with Crippen molar-refractivity contribution in [2.75, 3.05) is 25.0 Å². The second-order valence-electron chi connectivity index (χ2n) is 5.11. The van der Waals surface area contributed by atoms with Crippen LogP contribution >= 0.6 is 0 Å². The molecule has 0 amide bonds. The summed E-state index contributed by atoms with van der Waals surface area (Å²) in [6, 6.07) is 4.42. The predicted octanol–water partition coefficient (Wildman–Crippen LogP) is 1.33.